The average Bonchev–Trinajstić information content (AvgIpc) is 2.93. The molecule has 1 N–H and O–H groups in total. The highest BCUT2D eigenvalue weighted by Crippen LogP contribution is 2.27. The van der Waals surface area contributed by atoms with Crippen LogP contribution in [0.15, 0.2) is 0 Å². The standard InChI is InChI=1S/C10H18N2O3/c1-11(2)6-5-9(13)12(7-10(14)15)8-3-4-8/h8H,3-7H2,1-2H3,(H,14,15). The topological polar surface area (TPSA) is 60.9 Å². The highest BCUT2D eigenvalue weighted by molar-refractivity contribution is 5.82. The van der Waals surface area contributed by atoms with Gasteiger partial charge in [0, 0.05) is 19.0 Å². The molecule has 0 saturated heterocycles. The van der Waals surface area contributed by atoms with Crippen LogP contribution in [-0.4, -0.2) is 60.0 Å². The monoisotopic (exact) mass is 214 g/mol. The molecule has 15 heavy (non-hydrogen) atoms. The molecule has 1 amide bonds. The van der Waals surface area contributed by atoms with Crippen molar-refractivity contribution in [2.45, 2.75) is 25.3 Å². The van der Waals surface area contributed by atoms with E-state index in [0.717, 1.165) is 12.8 Å². The molecule has 1 rings (SSSR count). The fraction of sp³-hybridized carbons (Fsp3) is 0.800. The summed E-state index contributed by atoms with van der Waals surface area (Å²) < 4.78 is 0. The van der Waals surface area contributed by atoms with Crippen LogP contribution < -0.4 is 0 Å². The maximum Gasteiger partial charge on any atom is 0.323 e. The highest BCUT2D eigenvalue weighted by atomic mass is 16.4. The summed E-state index contributed by atoms with van der Waals surface area (Å²) in [6.07, 6.45) is 2.29. The molecule has 86 valence electrons. The lowest BCUT2D eigenvalue weighted by Gasteiger charge is -2.21. The summed E-state index contributed by atoms with van der Waals surface area (Å²) >= 11 is 0. The molecule has 0 aromatic heterocycles. The molecule has 0 spiro atoms. The molecule has 5 heteroatoms. The molecule has 0 radical (unpaired) electrons. The number of hydrogen-bond donors (Lipinski definition) is 1. The third-order valence-electron chi connectivity index (χ3n) is 2.39. The summed E-state index contributed by atoms with van der Waals surface area (Å²) in [5.41, 5.74) is 0. The van der Waals surface area contributed by atoms with E-state index in [1.807, 2.05) is 19.0 Å². The Labute approximate surface area is 89.7 Å². The molecule has 1 fully saturated rings. The lowest BCUT2D eigenvalue weighted by atomic mass is 10.3. The number of rotatable bonds is 6. The molecule has 1 saturated carbocycles. The Balaban J connectivity index is 2.40. The molecular formula is C10H18N2O3. The van der Waals surface area contributed by atoms with Crippen molar-refractivity contribution >= 4 is 11.9 Å². The minimum atomic E-state index is -0.930. The van der Waals surface area contributed by atoms with Crippen molar-refractivity contribution in [3.63, 3.8) is 0 Å². The molecule has 0 aromatic rings. The van der Waals surface area contributed by atoms with E-state index in [0.29, 0.717) is 13.0 Å². The third-order valence-corrected chi connectivity index (χ3v) is 2.39. The van der Waals surface area contributed by atoms with Crippen molar-refractivity contribution in [3.05, 3.63) is 0 Å². The lowest BCUT2D eigenvalue weighted by molar-refractivity contribution is -0.145. The second-order valence-corrected chi connectivity index (χ2v) is 4.20. The van der Waals surface area contributed by atoms with Gasteiger partial charge in [-0.2, -0.15) is 0 Å². The molecule has 0 aliphatic heterocycles. The van der Waals surface area contributed by atoms with E-state index in [2.05, 4.69) is 0 Å². The number of carboxylic acids is 1. The van der Waals surface area contributed by atoms with Crippen LogP contribution in [-0.2, 0) is 9.59 Å². The van der Waals surface area contributed by atoms with E-state index in [1.165, 1.54) is 4.90 Å². The van der Waals surface area contributed by atoms with Crippen LogP contribution in [0.25, 0.3) is 0 Å². The van der Waals surface area contributed by atoms with E-state index in [4.69, 9.17) is 5.11 Å². The van der Waals surface area contributed by atoms with Gasteiger partial charge in [0.05, 0.1) is 0 Å². The molecule has 0 bridgehead atoms. The first-order chi connectivity index (χ1) is 7.00. The number of carbonyl (C=O) groups excluding carboxylic acids is 1. The Kier molecular flexibility index (Phi) is 4.08. The molecule has 1 aliphatic carbocycles. The van der Waals surface area contributed by atoms with Crippen LogP contribution in [0.5, 0.6) is 0 Å². The molecule has 1 aliphatic rings. The number of aliphatic carboxylic acids is 1. The number of hydrogen-bond acceptors (Lipinski definition) is 3. The van der Waals surface area contributed by atoms with Crippen molar-refractivity contribution in [3.8, 4) is 0 Å². The first-order valence-electron chi connectivity index (χ1n) is 5.16. The molecule has 5 nitrogen and oxygen atoms in total. The summed E-state index contributed by atoms with van der Waals surface area (Å²) in [7, 11) is 3.79. The van der Waals surface area contributed by atoms with Gasteiger partial charge in [0.1, 0.15) is 6.54 Å². The number of carboxylic acid groups (broad SMARTS) is 1. The van der Waals surface area contributed by atoms with Gasteiger partial charge in [0.2, 0.25) is 5.91 Å². The third kappa shape index (κ3) is 4.29. The maximum absolute atomic E-state index is 11.7. The zero-order valence-corrected chi connectivity index (χ0v) is 9.27. The van der Waals surface area contributed by atoms with E-state index in [1.54, 1.807) is 0 Å². The van der Waals surface area contributed by atoms with Gasteiger partial charge in [-0.25, -0.2) is 0 Å². The summed E-state index contributed by atoms with van der Waals surface area (Å²) in [5.74, 6) is -0.978. The van der Waals surface area contributed by atoms with Crippen molar-refractivity contribution in [1.82, 2.24) is 9.80 Å². The lowest BCUT2D eigenvalue weighted by Crippen LogP contribution is -2.38. The van der Waals surface area contributed by atoms with Gasteiger partial charge in [0.25, 0.3) is 0 Å². The second-order valence-electron chi connectivity index (χ2n) is 4.20. The van der Waals surface area contributed by atoms with Gasteiger partial charge >= 0.3 is 5.97 Å². The Morgan fingerprint density at radius 2 is 1.93 bits per heavy atom. The van der Waals surface area contributed by atoms with Gasteiger partial charge < -0.3 is 14.9 Å². The zero-order valence-electron chi connectivity index (χ0n) is 9.27. The van der Waals surface area contributed by atoms with Crippen molar-refractivity contribution in [2.24, 2.45) is 0 Å². The van der Waals surface area contributed by atoms with Gasteiger partial charge in [0.15, 0.2) is 0 Å². The molecular weight excluding hydrogens is 196 g/mol. The minimum Gasteiger partial charge on any atom is -0.480 e. The highest BCUT2D eigenvalue weighted by Gasteiger charge is 2.33. The SMILES string of the molecule is CN(C)CCC(=O)N(CC(=O)O)C1CC1. The second kappa shape index (κ2) is 5.11. The van der Waals surface area contributed by atoms with Crippen molar-refractivity contribution < 1.29 is 14.7 Å². The first kappa shape index (κ1) is 12.0. The predicted molar refractivity (Wildman–Crippen MR) is 55.5 cm³/mol. The van der Waals surface area contributed by atoms with Gasteiger partial charge in [-0.1, -0.05) is 0 Å². The van der Waals surface area contributed by atoms with Crippen LogP contribution >= 0.6 is 0 Å². The smallest absolute Gasteiger partial charge is 0.323 e. The Bertz CT molecular complexity index is 249. The van der Waals surface area contributed by atoms with Crippen LogP contribution in [0, 0.1) is 0 Å². The molecule has 0 heterocycles. The Hall–Kier alpha value is -1.10. The van der Waals surface area contributed by atoms with Crippen LogP contribution in [0.3, 0.4) is 0 Å². The number of nitrogens with zero attached hydrogens (tertiary/aromatic N) is 2. The largest absolute Gasteiger partial charge is 0.480 e. The van der Waals surface area contributed by atoms with Crippen LogP contribution in [0.2, 0.25) is 0 Å². The fourth-order valence-electron chi connectivity index (χ4n) is 1.42. The van der Waals surface area contributed by atoms with E-state index >= 15 is 0 Å². The molecule has 0 unspecified atom stereocenters. The minimum absolute atomic E-state index is 0.0476. The van der Waals surface area contributed by atoms with Gasteiger partial charge in [-0.05, 0) is 26.9 Å². The van der Waals surface area contributed by atoms with Crippen LogP contribution in [0.1, 0.15) is 19.3 Å². The molecule has 0 atom stereocenters. The normalized spacial score (nSPS) is 15.4. The zero-order chi connectivity index (χ0) is 11.4. The Morgan fingerprint density at radius 3 is 2.33 bits per heavy atom. The van der Waals surface area contributed by atoms with E-state index in [-0.39, 0.29) is 18.5 Å². The summed E-state index contributed by atoms with van der Waals surface area (Å²) in [6.45, 7) is 0.513. The van der Waals surface area contributed by atoms with Crippen molar-refractivity contribution in [1.29, 1.82) is 0 Å². The van der Waals surface area contributed by atoms with Gasteiger partial charge in [-0.15, -0.1) is 0 Å². The quantitative estimate of drug-likeness (QED) is 0.677. The first-order valence-corrected chi connectivity index (χ1v) is 5.16. The van der Waals surface area contributed by atoms with Gasteiger partial charge in [-0.3, -0.25) is 9.59 Å². The average molecular weight is 214 g/mol. The summed E-state index contributed by atoms with van der Waals surface area (Å²) in [6, 6.07) is 0.177. The summed E-state index contributed by atoms with van der Waals surface area (Å²) in [4.78, 5) is 25.7. The fourth-order valence-corrected chi connectivity index (χ4v) is 1.42. The number of amides is 1. The van der Waals surface area contributed by atoms with Crippen LogP contribution in [0.4, 0.5) is 0 Å². The summed E-state index contributed by atoms with van der Waals surface area (Å²) in [5, 5.41) is 8.68. The van der Waals surface area contributed by atoms with Crippen molar-refractivity contribution in [2.75, 3.05) is 27.2 Å². The number of carbonyl (C=O) groups is 2. The molecule has 0 aromatic carbocycles. The van der Waals surface area contributed by atoms with E-state index in [9.17, 15) is 9.59 Å². The maximum atomic E-state index is 11.7. The Morgan fingerprint density at radius 1 is 1.33 bits per heavy atom. The van der Waals surface area contributed by atoms with E-state index < -0.39 is 5.97 Å². The predicted octanol–water partition coefficient (Wildman–Crippen LogP) is 0.0137.